The van der Waals surface area contributed by atoms with E-state index in [1.165, 1.54) is 11.4 Å². The molecule has 0 aromatic heterocycles. The number of fused-ring (bicyclic) bond motifs is 1. The van der Waals surface area contributed by atoms with Crippen molar-refractivity contribution in [3.05, 3.63) is 24.3 Å². The zero-order valence-electron chi connectivity index (χ0n) is 8.87. The Morgan fingerprint density at radius 2 is 1.93 bits per heavy atom. The van der Waals surface area contributed by atoms with Crippen molar-refractivity contribution in [3.63, 3.8) is 0 Å². The average Bonchev–Trinajstić information content (AvgIpc) is 2.02. The normalized spacial score (nSPS) is 17.8. The highest BCUT2D eigenvalue weighted by Crippen LogP contribution is 2.32. The lowest BCUT2D eigenvalue weighted by Crippen LogP contribution is -2.46. The molecule has 0 aliphatic carbocycles. The number of halogens is 1. The van der Waals surface area contributed by atoms with Crippen LogP contribution >= 0.6 is 12.4 Å². The molecule has 0 amide bonds. The lowest BCUT2D eigenvalue weighted by Gasteiger charge is -2.40. The van der Waals surface area contributed by atoms with Crippen molar-refractivity contribution in [1.29, 1.82) is 0 Å². The molecule has 0 saturated heterocycles. The third kappa shape index (κ3) is 1.95. The summed E-state index contributed by atoms with van der Waals surface area (Å²) in [7, 11) is 2.14. The molecule has 0 spiro atoms. The van der Waals surface area contributed by atoms with Crippen molar-refractivity contribution in [3.8, 4) is 0 Å². The van der Waals surface area contributed by atoms with E-state index in [0.717, 1.165) is 6.54 Å². The first-order valence-corrected chi connectivity index (χ1v) is 4.67. The van der Waals surface area contributed by atoms with Crippen molar-refractivity contribution in [2.45, 2.75) is 19.4 Å². The molecule has 1 aromatic rings. The van der Waals surface area contributed by atoms with Crippen molar-refractivity contribution in [2.24, 2.45) is 0 Å². The van der Waals surface area contributed by atoms with E-state index in [2.05, 4.69) is 55.4 Å². The standard InChI is InChI=1S/C11H16N2.ClH/c1-11(2)8-13(3)10-7-5-4-6-9(10)12-11;/h4-7,12H,8H2,1-3H3;1H. The van der Waals surface area contributed by atoms with E-state index < -0.39 is 0 Å². The van der Waals surface area contributed by atoms with E-state index in [9.17, 15) is 0 Å². The molecule has 78 valence electrons. The molecule has 0 unspecified atom stereocenters. The van der Waals surface area contributed by atoms with Gasteiger partial charge in [-0.1, -0.05) is 12.1 Å². The fourth-order valence-corrected chi connectivity index (χ4v) is 1.99. The quantitative estimate of drug-likeness (QED) is 0.712. The summed E-state index contributed by atoms with van der Waals surface area (Å²) in [5, 5.41) is 3.52. The molecule has 1 N–H and O–H groups in total. The molecule has 0 bridgehead atoms. The molecule has 1 aliphatic rings. The van der Waals surface area contributed by atoms with E-state index in [-0.39, 0.29) is 17.9 Å². The van der Waals surface area contributed by atoms with E-state index in [1.54, 1.807) is 0 Å². The first kappa shape index (κ1) is 11.2. The van der Waals surface area contributed by atoms with Crippen LogP contribution in [0.5, 0.6) is 0 Å². The number of nitrogens with one attached hydrogen (secondary N) is 1. The number of hydrogen-bond donors (Lipinski definition) is 1. The molecule has 2 rings (SSSR count). The van der Waals surface area contributed by atoms with E-state index in [4.69, 9.17) is 0 Å². The largest absolute Gasteiger partial charge is 0.377 e. The zero-order chi connectivity index (χ0) is 9.47. The van der Waals surface area contributed by atoms with Crippen LogP contribution in [-0.2, 0) is 0 Å². The summed E-state index contributed by atoms with van der Waals surface area (Å²) in [6, 6.07) is 8.43. The van der Waals surface area contributed by atoms with Crippen molar-refractivity contribution >= 4 is 23.8 Å². The molecule has 0 radical (unpaired) electrons. The van der Waals surface area contributed by atoms with Crippen molar-refractivity contribution in [1.82, 2.24) is 0 Å². The molecular formula is C11H17ClN2. The highest BCUT2D eigenvalue weighted by Gasteiger charge is 2.26. The molecule has 1 aliphatic heterocycles. The summed E-state index contributed by atoms with van der Waals surface area (Å²) < 4.78 is 0. The summed E-state index contributed by atoms with van der Waals surface area (Å²) in [5.74, 6) is 0. The summed E-state index contributed by atoms with van der Waals surface area (Å²) in [6.07, 6.45) is 0. The fourth-order valence-electron chi connectivity index (χ4n) is 1.99. The number of hydrogen-bond acceptors (Lipinski definition) is 2. The predicted molar refractivity (Wildman–Crippen MR) is 64.7 cm³/mol. The average molecular weight is 213 g/mol. The Labute approximate surface area is 91.7 Å². The highest BCUT2D eigenvalue weighted by molar-refractivity contribution is 5.85. The number of rotatable bonds is 0. The summed E-state index contributed by atoms with van der Waals surface area (Å²) in [6.45, 7) is 5.49. The molecule has 14 heavy (non-hydrogen) atoms. The Morgan fingerprint density at radius 3 is 2.64 bits per heavy atom. The zero-order valence-corrected chi connectivity index (χ0v) is 9.69. The van der Waals surface area contributed by atoms with Crippen LogP contribution in [0.4, 0.5) is 11.4 Å². The Hall–Kier alpha value is -0.890. The van der Waals surface area contributed by atoms with Gasteiger partial charge in [0.25, 0.3) is 0 Å². The number of nitrogens with zero attached hydrogens (tertiary/aromatic N) is 1. The van der Waals surface area contributed by atoms with Crippen LogP contribution in [0, 0.1) is 0 Å². The maximum absolute atomic E-state index is 3.52. The van der Waals surface area contributed by atoms with Crippen LogP contribution in [0.1, 0.15) is 13.8 Å². The summed E-state index contributed by atoms with van der Waals surface area (Å²) >= 11 is 0. The molecule has 2 nitrogen and oxygen atoms in total. The van der Waals surface area contributed by atoms with E-state index in [1.807, 2.05) is 0 Å². The van der Waals surface area contributed by atoms with Gasteiger partial charge in [-0.25, -0.2) is 0 Å². The molecule has 0 fully saturated rings. The first-order chi connectivity index (χ1) is 6.08. The third-order valence-electron chi connectivity index (χ3n) is 2.42. The minimum absolute atomic E-state index is 0. The molecule has 3 heteroatoms. The molecule has 0 saturated carbocycles. The lowest BCUT2D eigenvalue weighted by atomic mass is 10.00. The molecule has 1 aromatic carbocycles. The third-order valence-corrected chi connectivity index (χ3v) is 2.42. The van der Waals surface area contributed by atoms with Crippen LogP contribution in [0.15, 0.2) is 24.3 Å². The fraction of sp³-hybridized carbons (Fsp3) is 0.455. The number of anilines is 2. The van der Waals surface area contributed by atoms with Gasteiger partial charge in [-0.05, 0) is 26.0 Å². The Morgan fingerprint density at radius 1 is 1.29 bits per heavy atom. The predicted octanol–water partition coefficient (Wildman–Crippen LogP) is 2.75. The van der Waals surface area contributed by atoms with Gasteiger partial charge in [0.05, 0.1) is 11.4 Å². The van der Waals surface area contributed by atoms with Gasteiger partial charge in [0.2, 0.25) is 0 Å². The second-order valence-corrected chi connectivity index (χ2v) is 4.38. The topological polar surface area (TPSA) is 15.3 Å². The van der Waals surface area contributed by atoms with E-state index in [0.29, 0.717) is 0 Å². The second-order valence-electron chi connectivity index (χ2n) is 4.38. The van der Waals surface area contributed by atoms with Crippen LogP contribution in [0.3, 0.4) is 0 Å². The Bertz CT molecular complexity index is 323. The van der Waals surface area contributed by atoms with Crippen LogP contribution in [-0.4, -0.2) is 19.1 Å². The summed E-state index contributed by atoms with van der Waals surface area (Å²) in [5.41, 5.74) is 2.70. The van der Waals surface area contributed by atoms with Gasteiger partial charge in [-0.2, -0.15) is 0 Å². The summed E-state index contributed by atoms with van der Waals surface area (Å²) in [4.78, 5) is 2.30. The minimum Gasteiger partial charge on any atom is -0.377 e. The second kappa shape index (κ2) is 3.70. The van der Waals surface area contributed by atoms with Crippen LogP contribution < -0.4 is 10.2 Å². The van der Waals surface area contributed by atoms with Gasteiger partial charge in [-0.15, -0.1) is 12.4 Å². The minimum atomic E-state index is 0. The highest BCUT2D eigenvalue weighted by atomic mass is 35.5. The van der Waals surface area contributed by atoms with Gasteiger partial charge in [0.15, 0.2) is 0 Å². The maximum Gasteiger partial charge on any atom is 0.0600 e. The van der Waals surface area contributed by atoms with Gasteiger partial charge in [0, 0.05) is 19.1 Å². The van der Waals surface area contributed by atoms with Gasteiger partial charge >= 0.3 is 0 Å². The number of para-hydroxylation sites is 2. The molecular weight excluding hydrogens is 196 g/mol. The monoisotopic (exact) mass is 212 g/mol. The van der Waals surface area contributed by atoms with Crippen LogP contribution in [0.25, 0.3) is 0 Å². The SMILES string of the molecule is CN1CC(C)(C)Nc2ccccc21.Cl. The number of likely N-dealkylation sites (N-methyl/N-ethyl adjacent to an activating group) is 1. The van der Waals surface area contributed by atoms with E-state index >= 15 is 0 Å². The first-order valence-electron chi connectivity index (χ1n) is 4.67. The number of benzene rings is 1. The smallest absolute Gasteiger partial charge is 0.0600 e. The maximum atomic E-state index is 3.52. The lowest BCUT2D eigenvalue weighted by molar-refractivity contribution is 0.550. The Kier molecular flexibility index (Phi) is 2.95. The van der Waals surface area contributed by atoms with Crippen molar-refractivity contribution < 1.29 is 0 Å². The molecule has 1 heterocycles. The van der Waals surface area contributed by atoms with Gasteiger partial charge < -0.3 is 10.2 Å². The van der Waals surface area contributed by atoms with Crippen LogP contribution in [0.2, 0.25) is 0 Å². The van der Waals surface area contributed by atoms with Gasteiger partial charge in [-0.3, -0.25) is 0 Å². The van der Waals surface area contributed by atoms with Gasteiger partial charge in [0.1, 0.15) is 0 Å². The Balaban J connectivity index is 0.000000980. The molecule has 0 atom stereocenters. The van der Waals surface area contributed by atoms with Crippen molar-refractivity contribution in [2.75, 3.05) is 23.8 Å².